The Morgan fingerprint density at radius 1 is 1.14 bits per heavy atom. The Bertz CT molecular complexity index is 523. The molecule has 3 atom stereocenters. The molecular weight excluding hydrogens is 272 g/mol. The van der Waals surface area contributed by atoms with Crippen molar-refractivity contribution in [2.24, 2.45) is 17.4 Å². The summed E-state index contributed by atoms with van der Waals surface area (Å²) >= 11 is 0. The summed E-state index contributed by atoms with van der Waals surface area (Å²) in [5.74, 6) is 0.462. The van der Waals surface area contributed by atoms with Crippen LogP contribution in [-0.4, -0.2) is 32.7 Å². The van der Waals surface area contributed by atoms with Gasteiger partial charge in [-0.15, -0.1) is 0 Å². The number of likely N-dealkylation sites (N-methyl/N-ethyl adjacent to an activating group) is 2. The Labute approximate surface area is 133 Å². The molecule has 6 N–H and O–H groups in total. The van der Waals surface area contributed by atoms with Crippen LogP contribution < -0.4 is 22.1 Å². The molecule has 1 aromatic carbocycles. The summed E-state index contributed by atoms with van der Waals surface area (Å²) in [5, 5.41) is 6.69. The molecule has 3 unspecified atom stereocenters. The fourth-order valence-electron chi connectivity index (χ4n) is 3.45. The fraction of sp³-hybridized carbons (Fsp3) is 0.444. The molecule has 0 aliphatic heterocycles. The second-order valence-corrected chi connectivity index (χ2v) is 5.83. The van der Waals surface area contributed by atoms with Crippen LogP contribution in [0.15, 0.2) is 54.3 Å². The zero-order valence-electron chi connectivity index (χ0n) is 13.5. The predicted octanol–water partition coefficient (Wildman–Crippen LogP) is 1.33. The van der Waals surface area contributed by atoms with E-state index in [0.717, 1.165) is 12.1 Å². The van der Waals surface area contributed by atoms with Crippen LogP contribution >= 0.6 is 0 Å². The molecular formula is C18H28N4. The summed E-state index contributed by atoms with van der Waals surface area (Å²) in [6.07, 6.45) is 7.49. The van der Waals surface area contributed by atoms with Crippen molar-refractivity contribution in [3.8, 4) is 0 Å². The Balaban J connectivity index is 2.33. The van der Waals surface area contributed by atoms with Crippen LogP contribution in [0.5, 0.6) is 0 Å². The second kappa shape index (κ2) is 7.58. The molecule has 0 fully saturated rings. The summed E-state index contributed by atoms with van der Waals surface area (Å²) in [5.41, 5.74) is 14.5. The highest BCUT2D eigenvalue weighted by atomic mass is 15.0. The zero-order chi connectivity index (χ0) is 16.0. The van der Waals surface area contributed by atoms with Gasteiger partial charge in [-0.1, -0.05) is 42.5 Å². The van der Waals surface area contributed by atoms with E-state index < -0.39 is 0 Å². The topological polar surface area (TPSA) is 76.1 Å². The maximum absolute atomic E-state index is 6.18. The minimum Gasteiger partial charge on any atom is -0.388 e. The van der Waals surface area contributed by atoms with Crippen molar-refractivity contribution in [3.63, 3.8) is 0 Å². The molecule has 1 aliphatic carbocycles. The van der Waals surface area contributed by atoms with E-state index in [0.29, 0.717) is 13.1 Å². The molecule has 2 rings (SSSR count). The van der Waals surface area contributed by atoms with Gasteiger partial charge in [-0.3, -0.25) is 0 Å². The minimum atomic E-state index is -0.158. The normalized spacial score (nSPS) is 23.7. The first-order valence-electron chi connectivity index (χ1n) is 7.92. The monoisotopic (exact) mass is 300 g/mol. The lowest BCUT2D eigenvalue weighted by Crippen LogP contribution is -2.54. The number of hydrogen-bond donors (Lipinski definition) is 4. The number of rotatable bonds is 7. The van der Waals surface area contributed by atoms with Crippen LogP contribution in [0.4, 0.5) is 0 Å². The Morgan fingerprint density at radius 2 is 1.86 bits per heavy atom. The quantitative estimate of drug-likeness (QED) is 0.613. The Hall–Kier alpha value is -1.62. The molecule has 0 bridgehead atoms. The molecule has 0 spiro atoms. The van der Waals surface area contributed by atoms with E-state index in [1.807, 2.05) is 20.2 Å². The van der Waals surface area contributed by atoms with Gasteiger partial charge in [-0.05, 0) is 38.2 Å². The number of nitrogens with one attached hydrogen (secondary N) is 2. The molecule has 1 aliphatic rings. The van der Waals surface area contributed by atoms with Gasteiger partial charge in [0.2, 0.25) is 0 Å². The third-order valence-electron chi connectivity index (χ3n) is 4.86. The van der Waals surface area contributed by atoms with E-state index in [-0.39, 0.29) is 17.4 Å². The lowest BCUT2D eigenvalue weighted by atomic mass is 9.70. The van der Waals surface area contributed by atoms with Crippen LogP contribution in [-0.2, 0) is 0 Å². The van der Waals surface area contributed by atoms with E-state index in [9.17, 15) is 0 Å². The molecule has 0 heterocycles. The first-order chi connectivity index (χ1) is 10.7. The van der Waals surface area contributed by atoms with Gasteiger partial charge in [0.1, 0.15) is 0 Å². The van der Waals surface area contributed by atoms with Gasteiger partial charge in [0.15, 0.2) is 0 Å². The maximum atomic E-state index is 6.18. The first-order valence-corrected chi connectivity index (χ1v) is 7.92. The summed E-state index contributed by atoms with van der Waals surface area (Å²) in [4.78, 5) is 0. The largest absolute Gasteiger partial charge is 0.388 e. The highest BCUT2D eigenvalue weighted by Gasteiger charge is 2.39. The molecule has 120 valence electrons. The Morgan fingerprint density at radius 3 is 2.32 bits per heavy atom. The summed E-state index contributed by atoms with van der Waals surface area (Å²) in [7, 11) is 3.94. The van der Waals surface area contributed by atoms with Gasteiger partial charge in [0.05, 0.1) is 0 Å². The molecule has 1 aromatic rings. The smallest absolute Gasteiger partial charge is 0.0448 e. The molecule has 0 radical (unpaired) electrons. The fourth-order valence-corrected chi connectivity index (χ4v) is 3.45. The van der Waals surface area contributed by atoms with Crippen LogP contribution in [0.25, 0.3) is 0 Å². The molecule has 22 heavy (non-hydrogen) atoms. The summed E-state index contributed by atoms with van der Waals surface area (Å²) < 4.78 is 0. The average Bonchev–Trinajstić information content (AvgIpc) is 2.60. The van der Waals surface area contributed by atoms with Crippen LogP contribution in [0.3, 0.4) is 0 Å². The minimum absolute atomic E-state index is 0.158. The number of allylic oxidation sites excluding steroid dienone is 1. The highest BCUT2D eigenvalue weighted by molar-refractivity contribution is 5.32. The number of hydrogen-bond acceptors (Lipinski definition) is 4. The average molecular weight is 300 g/mol. The molecule has 0 saturated carbocycles. The van der Waals surface area contributed by atoms with Crippen molar-refractivity contribution in [3.05, 3.63) is 59.8 Å². The number of nitrogens with two attached hydrogens (primary N) is 2. The van der Waals surface area contributed by atoms with Gasteiger partial charge in [0, 0.05) is 30.1 Å². The third-order valence-corrected chi connectivity index (χ3v) is 4.86. The third kappa shape index (κ3) is 3.24. The lowest BCUT2D eigenvalue weighted by Gasteiger charge is -2.43. The Kier molecular flexibility index (Phi) is 5.77. The molecule has 0 amide bonds. The molecule has 0 aromatic heterocycles. The lowest BCUT2D eigenvalue weighted by molar-refractivity contribution is 0.246. The van der Waals surface area contributed by atoms with Crippen molar-refractivity contribution in [1.29, 1.82) is 0 Å². The summed E-state index contributed by atoms with van der Waals surface area (Å²) in [6.45, 7) is 1.18. The van der Waals surface area contributed by atoms with E-state index in [4.69, 9.17) is 11.5 Å². The summed E-state index contributed by atoms with van der Waals surface area (Å²) in [6, 6.07) is 10.4. The van der Waals surface area contributed by atoms with E-state index in [2.05, 4.69) is 53.1 Å². The van der Waals surface area contributed by atoms with Crippen LogP contribution in [0.2, 0.25) is 0 Å². The SMILES string of the molecule is CNC1=CCC(NC)(C(CN)C(CN)c2ccccc2)C=C1. The van der Waals surface area contributed by atoms with Gasteiger partial charge >= 0.3 is 0 Å². The predicted molar refractivity (Wildman–Crippen MR) is 93.5 cm³/mol. The van der Waals surface area contributed by atoms with Crippen LogP contribution in [0, 0.1) is 5.92 Å². The van der Waals surface area contributed by atoms with Gasteiger partial charge in [-0.2, -0.15) is 0 Å². The van der Waals surface area contributed by atoms with Crippen molar-refractivity contribution in [1.82, 2.24) is 10.6 Å². The highest BCUT2D eigenvalue weighted by Crippen LogP contribution is 2.36. The first kappa shape index (κ1) is 16.7. The molecule has 4 nitrogen and oxygen atoms in total. The maximum Gasteiger partial charge on any atom is 0.0448 e. The van der Waals surface area contributed by atoms with Gasteiger partial charge < -0.3 is 22.1 Å². The molecule has 0 saturated heterocycles. The second-order valence-electron chi connectivity index (χ2n) is 5.83. The van der Waals surface area contributed by atoms with Crippen molar-refractivity contribution in [2.75, 3.05) is 27.2 Å². The molecule has 4 heteroatoms. The zero-order valence-corrected chi connectivity index (χ0v) is 13.5. The van der Waals surface area contributed by atoms with Crippen molar-refractivity contribution < 1.29 is 0 Å². The van der Waals surface area contributed by atoms with Gasteiger partial charge in [-0.25, -0.2) is 0 Å². The van der Waals surface area contributed by atoms with E-state index >= 15 is 0 Å². The standard InChI is InChI=1S/C18H28N4/c1-21-15-8-10-18(22-2,11-9-15)17(13-20)16(12-19)14-6-4-3-5-7-14/h3-10,16-17,21-22H,11-13,19-20H2,1-2H3. The number of benzene rings is 1. The van der Waals surface area contributed by atoms with Crippen molar-refractivity contribution in [2.45, 2.75) is 17.9 Å². The van der Waals surface area contributed by atoms with Gasteiger partial charge in [0.25, 0.3) is 0 Å². The van der Waals surface area contributed by atoms with Crippen molar-refractivity contribution >= 4 is 0 Å². The van der Waals surface area contributed by atoms with E-state index in [1.165, 1.54) is 5.56 Å². The van der Waals surface area contributed by atoms with Crippen LogP contribution in [0.1, 0.15) is 17.9 Å². The van der Waals surface area contributed by atoms with E-state index in [1.54, 1.807) is 0 Å².